The van der Waals surface area contributed by atoms with E-state index in [0.29, 0.717) is 38.0 Å². The number of rotatable bonds is 4. The minimum Gasteiger partial charge on any atom is -0.458 e. The molecule has 2 aliphatic heterocycles. The van der Waals surface area contributed by atoms with Gasteiger partial charge in [-0.05, 0) is 52.7 Å². The second-order valence-corrected chi connectivity index (χ2v) is 16.8. The number of ether oxygens (including phenoxy) is 3. The highest BCUT2D eigenvalue weighted by Crippen LogP contribution is 2.50. The number of morpholine rings is 1. The predicted molar refractivity (Wildman–Crippen MR) is 182 cm³/mol. The molecular weight excluding hydrogens is 594 g/mol. The molecule has 5 rings (SSSR count). The highest BCUT2D eigenvalue weighted by molar-refractivity contribution is 6.00. The fourth-order valence-electron chi connectivity index (χ4n) is 7.29. The Morgan fingerprint density at radius 2 is 1.51 bits per heavy atom. The molecule has 1 saturated carbocycles. The zero-order valence-corrected chi connectivity index (χ0v) is 29.9. The molecule has 1 saturated heterocycles. The maximum absolute atomic E-state index is 14.5. The van der Waals surface area contributed by atoms with Gasteiger partial charge in [0.1, 0.15) is 35.8 Å². The van der Waals surface area contributed by atoms with E-state index in [1.807, 2.05) is 17.1 Å². The van der Waals surface area contributed by atoms with Crippen LogP contribution in [0.25, 0.3) is 0 Å². The molecule has 1 aromatic heterocycles. The number of nitrogens with zero attached hydrogens (tertiary/aromatic N) is 4. The normalized spacial score (nSPS) is 23.5. The summed E-state index contributed by atoms with van der Waals surface area (Å²) in [6.45, 7) is 23.8. The molecule has 0 bridgehead atoms. The monoisotopic (exact) mass is 647 g/mol. The Hall–Kier alpha value is -3.71. The first kappa shape index (κ1) is 34.6. The third-order valence-corrected chi connectivity index (χ3v) is 10.1. The Kier molecular flexibility index (Phi) is 9.37. The van der Waals surface area contributed by atoms with Crippen molar-refractivity contribution in [3.8, 4) is 11.9 Å². The van der Waals surface area contributed by atoms with Gasteiger partial charge in [0.05, 0.1) is 18.9 Å². The number of fused-ring (bicyclic) bond motifs is 1. The van der Waals surface area contributed by atoms with E-state index in [1.54, 1.807) is 9.47 Å². The van der Waals surface area contributed by atoms with Gasteiger partial charge in [-0.3, -0.25) is 15.0 Å². The number of amides is 1. The second-order valence-electron chi connectivity index (χ2n) is 16.8. The lowest BCUT2D eigenvalue weighted by Gasteiger charge is -2.50. The average molecular weight is 648 g/mol. The molecule has 2 unspecified atom stereocenters. The van der Waals surface area contributed by atoms with Crippen LogP contribution < -0.4 is 15.2 Å². The van der Waals surface area contributed by atoms with E-state index in [2.05, 4.69) is 92.9 Å². The Bertz CT molecular complexity index is 1490. The number of hydrogen-bond donors (Lipinski definition) is 1. The number of anilines is 2. The quantitative estimate of drug-likeness (QED) is 0.339. The summed E-state index contributed by atoms with van der Waals surface area (Å²) in [6.07, 6.45) is 0.973. The van der Waals surface area contributed by atoms with Gasteiger partial charge in [0.15, 0.2) is 0 Å². The summed E-state index contributed by atoms with van der Waals surface area (Å²) >= 11 is 0. The first-order chi connectivity index (χ1) is 21.9. The highest BCUT2D eigenvalue weighted by atomic mass is 16.6. The van der Waals surface area contributed by atoms with Crippen LogP contribution in [0.2, 0.25) is 0 Å². The number of esters is 1. The highest BCUT2D eigenvalue weighted by Gasteiger charge is 2.49. The number of aromatic nitrogens is 1. The molecule has 256 valence electrons. The van der Waals surface area contributed by atoms with Crippen LogP contribution in [0.1, 0.15) is 104 Å². The lowest BCUT2D eigenvalue weighted by atomic mass is 9.59. The second kappa shape index (κ2) is 12.7. The number of benzene rings is 1. The third-order valence-electron chi connectivity index (χ3n) is 10.1. The van der Waals surface area contributed by atoms with Crippen LogP contribution in [0.4, 0.5) is 16.3 Å². The Balaban J connectivity index is 1.54. The van der Waals surface area contributed by atoms with Crippen molar-refractivity contribution in [2.45, 2.75) is 100 Å². The standard InChI is InChI=1S/C37H53N5O5/c1-23-19-27(36(5,6)7)30(28(20-23)37(8,9)10)46-33(43)29-26(21-38)32(47-34(44)40-15-17-45-18-16-40)41-22-42(39-31(29)41)25-13-11-24(12-14-25)35(2,3)4/h11-14,23,27-28,30,39H,15-20,22H2,1-10H3. The van der Waals surface area contributed by atoms with Crippen molar-refractivity contribution in [1.29, 1.82) is 5.26 Å². The van der Waals surface area contributed by atoms with Crippen molar-refractivity contribution in [2.75, 3.05) is 36.7 Å². The predicted octanol–water partition coefficient (Wildman–Crippen LogP) is 7.57. The molecule has 10 heteroatoms. The molecule has 3 heterocycles. The minimum absolute atomic E-state index is 0.00549. The zero-order valence-electron chi connectivity index (χ0n) is 29.9. The van der Waals surface area contributed by atoms with E-state index >= 15 is 0 Å². The lowest BCUT2D eigenvalue weighted by Crippen LogP contribution is -2.49. The Morgan fingerprint density at radius 3 is 2.02 bits per heavy atom. The van der Waals surface area contributed by atoms with E-state index in [-0.39, 0.29) is 57.9 Å². The average Bonchev–Trinajstić information content (AvgIpc) is 3.54. The first-order valence-corrected chi connectivity index (χ1v) is 17.0. The maximum atomic E-state index is 14.5. The molecule has 10 nitrogen and oxygen atoms in total. The molecule has 0 spiro atoms. The van der Waals surface area contributed by atoms with Crippen LogP contribution in [0.15, 0.2) is 24.3 Å². The number of carbonyl (C=O) groups excluding carboxylic acids is 2. The van der Waals surface area contributed by atoms with Crippen LogP contribution in [0, 0.1) is 39.9 Å². The van der Waals surface area contributed by atoms with Gasteiger partial charge in [0.2, 0.25) is 5.88 Å². The van der Waals surface area contributed by atoms with Gasteiger partial charge in [0, 0.05) is 24.9 Å². The van der Waals surface area contributed by atoms with Crippen LogP contribution in [0.5, 0.6) is 5.88 Å². The number of nitriles is 1. The number of carbonyl (C=O) groups is 2. The fraction of sp³-hybridized carbons (Fsp3) is 0.649. The summed E-state index contributed by atoms with van der Waals surface area (Å²) in [5.41, 5.74) is 5.29. The molecule has 47 heavy (non-hydrogen) atoms. The van der Waals surface area contributed by atoms with Gasteiger partial charge in [-0.2, -0.15) is 5.26 Å². The first-order valence-electron chi connectivity index (χ1n) is 17.0. The van der Waals surface area contributed by atoms with E-state index in [0.717, 1.165) is 18.5 Å². The Morgan fingerprint density at radius 1 is 0.936 bits per heavy atom. The van der Waals surface area contributed by atoms with E-state index in [4.69, 9.17) is 14.2 Å². The van der Waals surface area contributed by atoms with Crippen molar-refractivity contribution >= 4 is 23.6 Å². The Labute approximate surface area is 280 Å². The summed E-state index contributed by atoms with van der Waals surface area (Å²) in [4.78, 5) is 29.3. The number of nitrogens with one attached hydrogen (secondary N) is 1. The molecule has 2 fully saturated rings. The summed E-state index contributed by atoms with van der Waals surface area (Å²) in [5.74, 6) is 0.580. The fourth-order valence-corrected chi connectivity index (χ4v) is 7.29. The molecule has 1 aromatic carbocycles. The van der Waals surface area contributed by atoms with Crippen molar-refractivity contribution in [3.63, 3.8) is 0 Å². The van der Waals surface area contributed by atoms with Gasteiger partial charge in [-0.25, -0.2) is 9.59 Å². The summed E-state index contributed by atoms with van der Waals surface area (Å²) in [6, 6.07) is 10.4. The van der Waals surface area contributed by atoms with E-state index in [9.17, 15) is 14.9 Å². The topological polar surface area (TPSA) is 109 Å². The van der Waals surface area contributed by atoms with E-state index in [1.165, 1.54) is 5.56 Å². The summed E-state index contributed by atoms with van der Waals surface area (Å²) < 4.78 is 19.6. The number of hydrogen-bond acceptors (Lipinski definition) is 8. The van der Waals surface area contributed by atoms with Crippen molar-refractivity contribution < 1.29 is 23.8 Å². The van der Waals surface area contributed by atoms with Gasteiger partial charge in [0.25, 0.3) is 0 Å². The van der Waals surface area contributed by atoms with Gasteiger partial charge in [-0.15, -0.1) is 0 Å². The molecule has 1 N–H and O–H groups in total. The number of hydrazine groups is 1. The molecule has 0 radical (unpaired) electrons. The molecule has 2 aromatic rings. The summed E-state index contributed by atoms with van der Waals surface area (Å²) in [7, 11) is 0. The molecule has 3 aliphatic rings. The zero-order chi connectivity index (χ0) is 34.5. The third kappa shape index (κ3) is 7.11. The summed E-state index contributed by atoms with van der Waals surface area (Å²) in [5, 5.41) is 12.4. The van der Waals surface area contributed by atoms with E-state index < -0.39 is 12.1 Å². The van der Waals surface area contributed by atoms with Gasteiger partial charge < -0.3 is 19.1 Å². The van der Waals surface area contributed by atoms with Crippen LogP contribution in [0.3, 0.4) is 0 Å². The molecule has 1 amide bonds. The molecule has 1 aliphatic carbocycles. The van der Waals surface area contributed by atoms with Gasteiger partial charge in [-0.1, -0.05) is 81.4 Å². The van der Waals surface area contributed by atoms with Crippen LogP contribution in [-0.2, 0) is 21.6 Å². The maximum Gasteiger partial charge on any atom is 0.416 e. The smallest absolute Gasteiger partial charge is 0.416 e. The van der Waals surface area contributed by atoms with Crippen molar-refractivity contribution in [1.82, 2.24) is 9.47 Å². The molecule has 2 atom stereocenters. The SMILES string of the molecule is CC1CC(C(C)(C)C)C(OC(=O)c2c(C#N)c(OC(=O)N3CCOCC3)n3c2NN(c2ccc(C(C)(C)C)cc2)C3)C(C(C)(C)C)C1. The van der Waals surface area contributed by atoms with Gasteiger partial charge >= 0.3 is 12.1 Å². The minimum atomic E-state index is -0.584. The van der Waals surface area contributed by atoms with Crippen molar-refractivity contribution in [2.24, 2.45) is 28.6 Å². The van der Waals surface area contributed by atoms with Crippen LogP contribution >= 0.6 is 0 Å². The molecular formula is C37H53N5O5. The largest absolute Gasteiger partial charge is 0.458 e. The lowest BCUT2D eigenvalue weighted by molar-refractivity contribution is -0.0923. The van der Waals surface area contributed by atoms with Crippen molar-refractivity contribution in [3.05, 3.63) is 41.0 Å². The van der Waals surface area contributed by atoms with Crippen LogP contribution in [-0.4, -0.2) is 53.9 Å².